The van der Waals surface area contributed by atoms with Gasteiger partial charge in [0.25, 0.3) is 5.56 Å². The lowest BCUT2D eigenvalue weighted by Gasteiger charge is -2.10. The van der Waals surface area contributed by atoms with Crippen LogP contribution in [-0.2, 0) is 0 Å². The number of nitrogens with zero attached hydrogens (tertiary/aromatic N) is 3. The number of hydrogen-bond donors (Lipinski definition) is 2. The normalized spacial score (nSPS) is 11.2. The molecule has 1 heterocycles. The van der Waals surface area contributed by atoms with E-state index in [0.29, 0.717) is 5.56 Å². The molecular formula is C19H12F3N5O2. The van der Waals surface area contributed by atoms with Gasteiger partial charge in [-0.3, -0.25) is 9.78 Å². The molecule has 0 aliphatic heterocycles. The van der Waals surface area contributed by atoms with Crippen LogP contribution in [0.3, 0.4) is 0 Å². The third kappa shape index (κ3) is 4.98. The van der Waals surface area contributed by atoms with E-state index in [9.17, 15) is 23.2 Å². The van der Waals surface area contributed by atoms with Gasteiger partial charge < -0.3 is 4.74 Å². The van der Waals surface area contributed by atoms with Gasteiger partial charge in [0, 0.05) is 11.1 Å². The Hall–Kier alpha value is -4.13. The highest BCUT2D eigenvalue weighted by Crippen LogP contribution is 2.25. The zero-order valence-electron chi connectivity index (χ0n) is 14.6. The summed E-state index contributed by atoms with van der Waals surface area (Å²) in [5, 5.41) is 13.0. The van der Waals surface area contributed by atoms with Crippen molar-refractivity contribution in [3.05, 3.63) is 76.1 Å². The van der Waals surface area contributed by atoms with Crippen molar-refractivity contribution in [1.29, 1.82) is 5.26 Å². The van der Waals surface area contributed by atoms with Crippen LogP contribution in [0.5, 0.6) is 5.75 Å². The minimum Gasteiger partial charge on any atom is -0.405 e. The molecule has 0 saturated heterocycles. The molecule has 146 valence electrons. The number of ether oxygens (including phenoxy) is 1. The Kier molecular flexibility index (Phi) is 5.59. The van der Waals surface area contributed by atoms with Crippen LogP contribution in [0.2, 0.25) is 0 Å². The maximum absolute atomic E-state index is 12.5. The van der Waals surface area contributed by atoms with E-state index in [1.54, 1.807) is 36.4 Å². The first kappa shape index (κ1) is 19.6. The molecule has 0 aliphatic rings. The van der Waals surface area contributed by atoms with E-state index < -0.39 is 17.7 Å². The Balaban J connectivity index is 1.88. The zero-order valence-corrected chi connectivity index (χ0v) is 14.6. The van der Waals surface area contributed by atoms with Crippen molar-refractivity contribution < 1.29 is 17.9 Å². The number of hydrazone groups is 1. The van der Waals surface area contributed by atoms with Gasteiger partial charge in [0.2, 0.25) is 5.95 Å². The van der Waals surface area contributed by atoms with E-state index in [4.69, 9.17) is 0 Å². The lowest BCUT2D eigenvalue weighted by Crippen LogP contribution is -2.18. The molecular weight excluding hydrogens is 387 g/mol. The van der Waals surface area contributed by atoms with Gasteiger partial charge in [-0.05, 0) is 12.1 Å². The second-order valence-corrected chi connectivity index (χ2v) is 5.57. The molecule has 0 radical (unpaired) electrons. The van der Waals surface area contributed by atoms with Crippen LogP contribution in [0.4, 0.5) is 19.1 Å². The smallest absolute Gasteiger partial charge is 0.405 e. The third-order valence-corrected chi connectivity index (χ3v) is 3.60. The van der Waals surface area contributed by atoms with Gasteiger partial charge >= 0.3 is 6.36 Å². The Morgan fingerprint density at radius 3 is 2.52 bits per heavy atom. The molecule has 0 fully saturated rings. The largest absolute Gasteiger partial charge is 0.573 e. The minimum atomic E-state index is -4.85. The summed E-state index contributed by atoms with van der Waals surface area (Å²) in [7, 11) is 0. The van der Waals surface area contributed by atoms with Crippen molar-refractivity contribution in [2.45, 2.75) is 6.36 Å². The lowest BCUT2D eigenvalue weighted by molar-refractivity contribution is -0.274. The molecule has 0 atom stereocenters. The minimum absolute atomic E-state index is 0.0524. The van der Waals surface area contributed by atoms with Gasteiger partial charge in [-0.1, -0.05) is 42.5 Å². The number of nitrogens with one attached hydrogen (secondary N) is 2. The molecule has 0 unspecified atom stereocenters. The summed E-state index contributed by atoms with van der Waals surface area (Å²) in [6, 6.07) is 15.8. The highest BCUT2D eigenvalue weighted by atomic mass is 19.4. The van der Waals surface area contributed by atoms with Gasteiger partial charge in [0.05, 0.1) is 11.9 Å². The molecule has 0 amide bonds. The molecule has 0 bridgehead atoms. The van der Waals surface area contributed by atoms with Crippen molar-refractivity contribution in [1.82, 2.24) is 9.97 Å². The Bertz CT molecular complexity index is 1140. The molecule has 3 aromatic rings. The Morgan fingerprint density at radius 1 is 1.14 bits per heavy atom. The fourth-order valence-electron chi connectivity index (χ4n) is 2.40. The summed E-state index contributed by atoms with van der Waals surface area (Å²) in [4.78, 5) is 18.7. The van der Waals surface area contributed by atoms with E-state index in [2.05, 4.69) is 25.2 Å². The van der Waals surface area contributed by atoms with Gasteiger partial charge in [-0.15, -0.1) is 13.2 Å². The van der Waals surface area contributed by atoms with Crippen molar-refractivity contribution in [3.63, 3.8) is 0 Å². The number of hydrogen-bond acceptors (Lipinski definition) is 6. The van der Waals surface area contributed by atoms with Gasteiger partial charge in [0.1, 0.15) is 17.4 Å². The summed E-state index contributed by atoms with van der Waals surface area (Å²) in [6.07, 6.45) is -3.76. The number of nitriles is 1. The average molecular weight is 399 g/mol. The van der Waals surface area contributed by atoms with E-state index in [1.165, 1.54) is 18.2 Å². The predicted octanol–water partition coefficient (Wildman–Crippen LogP) is 3.65. The molecule has 3 rings (SSSR count). The van der Waals surface area contributed by atoms with Crippen molar-refractivity contribution >= 4 is 12.2 Å². The zero-order chi connectivity index (χ0) is 20.9. The standard InChI is InChI=1S/C19H12F3N5O2/c20-19(21,22)29-15-9-5-4-8-13(15)11-24-27-18-25-16(12-6-2-1-3-7-12)14(10-23)17(28)26-18/h1-9,11H,(H2,25,26,27,28). The lowest BCUT2D eigenvalue weighted by atomic mass is 10.1. The number of H-pyrrole nitrogens is 1. The topological polar surface area (TPSA) is 103 Å². The number of alkyl halides is 3. The van der Waals surface area contributed by atoms with Crippen molar-refractivity contribution in [2.75, 3.05) is 5.43 Å². The van der Waals surface area contributed by atoms with E-state index in [0.717, 1.165) is 12.3 Å². The van der Waals surface area contributed by atoms with Crippen molar-refractivity contribution in [2.24, 2.45) is 5.10 Å². The van der Waals surface area contributed by atoms with Crippen molar-refractivity contribution in [3.8, 4) is 23.1 Å². The molecule has 1 aromatic heterocycles. The first-order valence-electron chi connectivity index (χ1n) is 8.11. The summed E-state index contributed by atoms with van der Waals surface area (Å²) < 4.78 is 41.3. The maximum Gasteiger partial charge on any atom is 0.573 e. The molecule has 0 aliphatic carbocycles. The Labute approximate surface area is 162 Å². The second kappa shape index (κ2) is 8.26. The first-order valence-corrected chi connectivity index (χ1v) is 8.11. The fourth-order valence-corrected chi connectivity index (χ4v) is 2.40. The quantitative estimate of drug-likeness (QED) is 0.504. The highest BCUT2D eigenvalue weighted by molar-refractivity contribution is 5.83. The Morgan fingerprint density at radius 2 is 1.83 bits per heavy atom. The second-order valence-electron chi connectivity index (χ2n) is 5.57. The highest BCUT2D eigenvalue weighted by Gasteiger charge is 2.31. The molecule has 10 heteroatoms. The van der Waals surface area contributed by atoms with Crippen LogP contribution in [-0.4, -0.2) is 22.5 Å². The van der Waals surface area contributed by atoms with E-state index in [1.807, 2.05) is 0 Å². The van der Waals surface area contributed by atoms with Crippen LogP contribution in [0.25, 0.3) is 11.3 Å². The van der Waals surface area contributed by atoms with Gasteiger partial charge in [-0.2, -0.15) is 10.4 Å². The van der Waals surface area contributed by atoms with E-state index >= 15 is 0 Å². The molecule has 0 saturated carbocycles. The molecule has 29 heavy (non-hydrogen) atoms. The number of para-hydroxylation sites is 1. The number of halogens is 3. The first-order chi connectivity index (χ1) is 13.9. The summed E-state index contributed by atoms with van der Waals surface area (Å²) >= 11 is 0. The average Bonchev–Trinajstić information content (AvgIpc) is 2.68. The molecule has 0 spiro atoms. The predicted molar refractivity (Wildman–Crippen MR) is 99.4 cm³/mol. The number of aromatic nitrogens is 2. The van der Waals surface area contributed by atoms with Crippen LogP contribution in [0.15, 0.2) is 64.5 Å². The van der Waals surface area contributed by atoms with Crippen LogP contribution in [0, 0.1) is 11.3 Å². The number of rotatable bonds is 5. The summed E-state index contributed by atoms with van der Waals surface area (Å²) in [5.41, 5.74) is 2.34. The van der Waals surface area contributed by atoms with E-state index in [-0.39, 0.29) is 22.8 Å². The number of benzene rings is 2. The summed E-state index contributed by atoms with van der Waals surface area (Å²) in [5.74, 6) is -0.518. The number of aromatic amines is 1. The molecule has 2 aromatic carbocycles. The maximum atomic E-state index is 12.5. The molecule has 2 N–H and O–H groups in total. The molecule has 7 nitrogen and oxygen atoms in total. The van der Waals surface area contributed by atoms with Gasteiger partial charge in [-0.25, -0.2) is 10.4 Å². The van der Waals surface area contributed by atoms with Crippen LogP contribution >= 0.6 is 0 Å². The SMILES string of the molecule is N#Cc1c(-c2ccccc2)nc(NN=Cc2ccccc2OC(F)(F)F)[nH]c1=O. The number of anilines is 1. The van der Waals surface area contributed by atoms with Crippen LogP contribution in [0.1, 0.15) is 11.1 Å². The third-order valence-electron chi connectivity index (χ3n) is 3.60. The monoisotopic (exact) mass is 399 g/mol. The van der Waals surface area contributed by atoms with Crippen LogP contribution < -0.4 is 15.7 Å². The van der Waals surface area contributed by atoms with Gasteiger partial charge in [0.15, 0.2) is 0 Å². The summed E-state index contributed by atoms with van der Waals surface area (Å²) in [6.45, 7) is 0. The fraction of sp³-hybridized carbons (Fsp3) is 0.0526.